The molecule has 0 amide bonds. The number of nitrogens with zero attached hydrogens (tertiary/aromatic N) is 2. The van der Waals surface area contributed by atoms with Crippen LogP contribution in [0.1, 0.15) is 11.1 Å². The highest BCUT2D eigenvalue weighted by atomic mass is 19.4. The lowest BCUT2D eigenvalue weighted by Crippen LogP contribution is -2.51. The molecule has 21 heavy (non-hydrogen) atoms. The quantitative estimate of drug-likeness (QED) is 0.928. The second kappa shape index (κ2) is 6.23. The summed E-state index contributed by atoms with van der Waals surface area (Å²) in [5.74, 6) is 0. The number of alkyl halides is 3. The Morgan fingerprint density at radius 2 is 1.62 bits per heavy atom. The van der Waals surface area contributed by atoms with Crippen LogP contribution in [0.5, 0.6) is 0 Å². The number of hydrogen-bond donors (Lipinski definition) is 1. The first-order chi connectivity index (χ1) is 9.79. The zero-order valence-corrected chi connectivity index (χ0v) is 12.3. The normalized spacial score (nSPS) is 18.9. The van der Waals surface area contributed by atoms with Crippen molar-refractivity contribution in [3.63, 3.8) is 0 Å². The fourth-order valence-corrected chi connectivity index (χ4v) is 2.81. The minimum atomic E-state index is -4.54. The molecule has 1 atom stereocenters. The SMILES string of the molecule is Cc1cccc(C)c1N1CCN(C[C@H](O)C(F)(F)F)CC1. The van der Waals surface area contributed by atoms with Crippen LogP contribution in [0.3, 0.4) is 0 Å². The minimum absolute atomic E-state index is 0.343. The summed E-state index contributed by atoms with van der Waals surface area (Å²) in [6.07, 6.45) is -6.80. The molecule has 1 aromatic rings. The average Bonchev–Trinajstić information content (AvgIpc) is 2.39. The number of β-amino-alcohol motifs (C(OH)–C–C–N with tert-alkyl or cyclic N) is 1. The molecule has 3 nitrogen and oxygen atoms in total. The van der Waals surface area contributed by atoms with Gasteiger partial charge in [-0.2, -0.15) is 13.2 Å². The molecule has 1 aromatic carbocycles. The number of halogens is 3. The van der Waals surface area contributed by atoms with Gasteiger partial charge in [0.1, 0.15) is 0 Å². The van der Waals surface area contributed by atoms with Crippen molar-refractivity contribution >= 4 is 5.69 Å². The van der Waals surface area contributed by atoms with E-state index in [0.29, 0.717) is 26.2 Å². The van der Waals surface area contributed by atoms with Gasteiger partial charge in [0.05, 0.1) is 0 Å². The Kier molecular flexibility index (Phi) is 4.78. The van der Waals surface area contributed by atoms with Gasteiger partial charge in [-0.05, 0) is 25.0 Å². The van der Waals surface area contributed by atoms with Gasteiger partial charge in [0.25, 0.3) is 0 Å². The van der Waals surface area contributed by atoms with Crippen LogP contribution in [0, 0.1) is 13.8 Å². The molecule has 6 heteroatoms. The van der Waals surface area contributed by atoms with Crippen molar-refractivity contribution in [1.82, 2.24) is 4.90 Å². The number of para-hydroxylation sites is 1. The highest BCUT2D eigenvalue weighted by Gasteiger charge is 2.39. The van der Waals surface area contributed by atoms with Crippen LogP contribution >= 0.6 is 0 Å². The zero-order chi connectivity index (χ0) is 15.6. The van der Waals surface area contributed by atoms with Gasteiger partial charge in [0.2, 0.25) is 0 Å². The molecule has 0 aliphatic carbocycles. The molecular formula is C15H21F3N2O. The lowest BCUT2D eigenvalue weighted by molar-refractivity contribution is -0.208. The second-order valence-electron chi connectivity index (χ2n) is 5.59. The predicted molar refractivity (Wildman–Crippen MR) is 76.6 cm³/mol. The Labute approximate surface area is 123 Å². The summed E-state index contributed by atoms with van der Waals surface area (Å²) in [5, 5.41) is 9.13. The number of aliphatic hydroxyl groups excluding tert-OH is 1. The van der Waals surface area contributed by atoms with Crippen LogP contribution in [0.25, 0.3) is 0 Å². The van der Waals surface area contributed by atoms with E-state index in [9.17, 15) is 13.2 Å². The maximum Gasteiger partial charge on any atom is 0.415 e. The summed E-state index contributed by atoms with van der Waals surface area (Å²) in [6.45, 7) is 6.16. The molecule has 1 fully saturated rings. The summed E-state index contributed by atoms with van der Waals surface area (Å²) in [7, 11) is 0. The summed E-state index contributed by atoms with van der Waals surface area (Å²) in [4.78, 5) is 3.88. The third kappa shape index (κ3) is 3.89. The lowest BCUT2D eigenvalue weighted by atomic mass is 10.1. The van der Waals surface area contributed by atoms with Crippen molar-refractivity contribution in [2.45, 2.75) is 26.1 Å². The largest absolute Gasteiger partial charge is 0.415 e. The highest BCUT2D eigenvalue weighted by Crippen LogP contribution is 2.26. The van der Waals surface area contributed by atoms with Crippen LogP contribution in [0.15, 0.2) is 18.2 Å². The number of aliphatic hydroxyl groups is 1. The van der Waals surface area contributed by atoms with E-state index in [1.165, 1.54) is 16.8 Å². The Morgan fingerprint density at radius 3 is 2.10 bits per heavy atom. The van der Waals surface area contributed by atoms with Gasteiger partial charge in [-0.25, -0.2) is 0 Å². The Bertz CT molecular complexity index is 462. The topological polar surface area (TPSA) is 26.7 Å². The van der Waals surface area contributed by atoms with Crippen LogP contribution < -0.4 is 4.90 Å². The van der Waals surface area contributed by atoms with Gasteiger partial charge < -0.3 is 10.0 Å². The molecule has 0 unspecified atom stereocenters. The number of piperazine rings is 1. The van der Waals surface area contributed by atoms with Crippen molar-refractivity contribution in [2.75, 3.05) is 37.6 Å². The van der Waals surface area contributed by atoms with Gasteiger partial charge in [-0.1, -0.05) is 18.2 Å². The summed E-state index contributed by atoms with van der Waals surface area (Å²) >= 11 is 0. The van der Waals surface area contributed by atoms with Gasteiger partial charge in [0, 0.05) is 38.4 Å². The number of rotatable bonds is 3. The number of anilines is 1. The molecule has 2 rings (SSSR count). The molecular weight excluding hydrogens is 281 g/mol. The van der Waals surface area contributed by atoms with Crippen molar-refractivity contribution in [1.29, 1.82) is 0 Å². The number of benzene rings is 1. The average molecular weight is 302 g/mol. The summed E-state index contributed by atoms with van der Waals surface area (Å²) in [5.41, 5.74) is 3.53. The summed E-state index contributed by atoms with van der Waals surface area (Å²) < 4.78 is 37.1. The van der Waals surface area contributed by atoms with E-state index >= 15 is 0 Å². The number of hydrogen-bond acceptors (Lipinski definition) is 3. The molecule has 1 N–H and O–H groups in total. The Hall–Kier alpha value is -1.27. The van der Waals surface area contributed by atoms with E-state index in [0.717, 1.165) is 0 Å². The van der Waals surface area contributed by atoms with Crippen molar-refractivity contribution in [2.24, 2.45) is 0 Å². The van der Waals surface area contributed by atoms with E-state index in [4.69, 9.17) is 5.11 Å². The van der Waals surface area contributed by atoms with E-state index in [2.05, 4.69) is 4.90 Å². The molecule has 0 spiro atoms. The van der Waals surface area contributed by atoms with Crippen LogP contribution in [-0.4, -0.2) is 55.0 Å². The predicted octanol–water partition coefficient (Wildman–Crippen LogP) is 2.35. The van der Waals surface area contributed by atoms with Gasteiger partial charge in [-0.3, -0.25) is 4.90 Å². The standard InChI is InChI=1S/C15H21F3N2O/c1-11-4-3-5-12(2)14(11)20-8-6-19(7-9-20)10-13(21)15(16,17)18/h3-5,13,21H,6-10H2,1-2H3/t13-/m0/s1. The van der Waals surface area contributed by atoms with Gasteiger partial charge in [-0.15, -0.1) is 0 Å². The first kappa shape index (κ1) is 16.1. The molecule has 0 aromatic heterocycles. The molecule has 1 heterocycles. The maximum atomic E-state index is 12.4. The first-order valence-corrected chi connectivity index (χ1v) is 7.07. The third-order valence-electron chi connectivity index (χ3n) is 3.94. The van der Waals surface area contributed by atoms with E-state index in [-0.39, 0.29) is 6.54 Å². The fraction of sp³-hybridized carbons (Fsp3) is 0.600. The minimum Gasteiger partial charge on any atom is -0.382 e. The molecule has 0 saturated carbocycles. The van der Waals surface area contributed by atoms with Crippen LogP contribution in [0.2, 0.25) is 0 Å². The highest BCUT2D eigenvalue weighted by molar-refractivity contribution is 5.59. The molecule has 1 aliphatic heterocycles. The lowest BCUT2D eigenvalue weighted by Gasteiger charge is -2.38. The van der Waals surface area contributed by atoms with Crippen LogP contribution in [0.4, 0.5) is 18.9 Å². The van der Waals surface area contributed by atoms with Gasteiger partial charge >= 0.3 is 6.18 Å². The van der Waals surface area contributed by atoms with E-state index in [1.807, 2.05) is 32.0 Å². The van der Waals surface area contributed by atoms with E-state index in [1.54, 1.807) is 4.90 Å². The molecule has 0 bridgehead atoms. The molecule has 1 aliphatic rings. The van der Waals surface area contributed by atoms with Crippen molar-refractivity contribution in [3.05, 3.63) is 29.3 Å². The number of aryl methyl sites for hydroxylation is 2. The van der Waals surface area contributed by atoms with Crippen LogP contribution in [-0.2, 0) is 0 Å². The van der Waals surface area contributed by atoms with Gasteiger partial charge in [0.15, 0.2) is 6.10 Å². The smallest absolute Gasteiger partial charge is 0.382 e. The first-order valence-electron chi connectivity index (χ1n) is 7.07. The second-order valence-corrected chi connectivity index (χ2v) is 5.59. The molecule has 1 saturated heterocycles. The van der Waals surface area contributed by atoms with Crippen molar-refractivity contribution < 1.29 is 18.3 Å². The zero-order valence-electron chi connectivity index (χ0n) is 12.3. The molecule has 0 radical (unpaired) electrons. The fourth-order valence-electron chi connectivity index (χ4n) is 2.81. The Morgan fingerprint density at radius 1 is 1.10 bits per heavy atom. The van der Waals surface area contributed by atoms with E-state index < -0.39 is 12.3 Å². The molecule has 118 valence electrons. The van der Waals surface area contributed by atoms with Crippen molar-refractivity contribution in [3.8, 4) is 0 Å². The Balaban J connectivity index is 1.95. The third-order valence-corrected chi connectivity index (χ3v) is 3.94. The maximum absolute atomic E-state index is 12.4. The summed E-state index contributed by atoms with van der Waals surface area (Å²) in [6, 6.07) is 6.09. The monoisotopic (exact) mass is 302 g/mol.